The van der Waals surface area contributed by atoms with Gasteiger partial charge in [0.15, 0.2) is 5.16 Å². The van der Waals surface area contributed by atoms with E-state index in [1.165, 1.54) is 11.8 Å². The van der Waals surface area contributed by atoms with Gasteiger partial charge in [0, 0.05) is 22.4 Å². The molecule has 0 saturated heterocycles. The maximum absolute atomic E-state index is 10.7. The minimum absolute atomic E-state index is 0.0262. The maximum atomic E-state index is 10.7. The third kappa shape index (κ3) is 3.34. The van der Waals surface area contributed by atoms with Crippen molar-refractivity contribution in [2.75, 3.05) is 12.9 Å². The number of benzene rings is 1. The molecule has 106 valence electrons. The number of ether oxygens (including phenoxy) is 1. The fraction of sp³-hybridized carbons (Fsp3) is 0.231. The highest BCUT2D eigenvalue weighted by Gasteiger charge is 2.12. The van der Waals surface area contributed by atoms with Crippen molar-refractivity contribution in [3.8, 4) is 11.4 Å². The summed E-state index contributed by atoms with van der Waals surface area (Å²) in [5.41, 5.74) is 1.80. The Bertz CT molecular complexity index is 643. The second-order valence-electron chi connectivity index (χ2n) is 4.05. The van der Waals surface area contributed by atoms with Crippen molar-refractivity contribution in [3.63, 3.8) is 0 Å². The second kappa shape index (κ2) is 6.32. The number of rotatable bonds is 5. The number of imidazole rings is 1. The number of carbonyl (C=O) groups is 1. The van der Waals surface area contributed by atoms with Gasteiger partial charge in [-0.2, -0.15) is 0 Å². The van der Waals surface area contributed by atoms with Gasteiger partial charge in [-0.1, -0.05) is 27.7 Å². The molecule has 0 unspecified atom stereocenters. The molecule has 1 aromatic carbocycles. The lowest BCUT2D eigenvalue weighted by molar-refractivity contribution is -0.133. The second-order valence-corrected chi connectivity index (χ2v) is 5.91. The molecule has 0 spiro atoms. The summed E-state index contributed by atoms with van der Waals surface area (Å²) in [7, 11) is 1.60. The first kappa shape index (κ1) is 14.9. The Morgan fingerprint density at radius 1 is 1.50 bits per heavy atom. The van der Waals surface area contributed by atoms with Crippen LogP contribution < -0.4 is 4.74 Å². The van der Waals surface area contributed by atoms with Crippen molar-refractivity contribution in [3.05, 3.63) is 34.6 Å². The molecule has 1 heterocycles. The molecule has 0 radical (unpaired) electrons. The SMILES string of the molecule is COc1cc(Br)cc(-n2c(C)cnc2SCC(=O)O)c1. The third-order valence-electron chi connectivity index (χ3n) is 2.58. The number of aromatic nitrogens is 2. The van der Waals surface area contributed by atoms with Crippen LogP contribution in [0.25, 0.3) is 5.69 Å². The maximum Gasteiger partial charge on any atom is 0.313 e. The topological polar surface area (TPSA) is 64.4 Å². The predicted octanol–water partition coefficient (Wildman–Crippen LogP) is 3.13. The number of carboxylic acid groups (broad SMARTS) is 1. The monoisotopic (exact) mass is 356 g/mol. The van der Waals surface area contributed by atoms with Gasteiger partial charge in [-0.3, -0.25) is 9.36 Å². The lowest BCUT2D eigenvalue weighted by Crippen LogP contribution is -2.03. The molecular weight excluding hydrogens is 344 g/mol. The zero-order chi connectivity index (χ0) is 14.7. The molecule has 0 amide bonds. The van der Waals surface area contributed by atoms with Crippen LogP contribution in [0.3, 0.4) is 0 Å². The van der Waals surface area contributed by atoms with Crippen LogP contribution in [0.4, 0.5) is 0 Å². The Morgan fingerprint density at radius 2 is 2.25 bits per heavy atom. The molecule has 0 fully saturated rings. The molecule has 0 saturated carbocycles. The van der Waals surface area contributed by atoms with Crippen molar-refractivity contribution in [1.29, 1.82) is 0 Å². The van der Waals surface area contributed by atoms with Gasteiger partial charge in [-0.25, -0.2) is 4.98 Å². The highest BCUT2D eigenvalue weighted by molar-refractivity contribution is 9.10. The van der Waals surface area contributed by atoms with Crippen LogP contribution in [0.15, 0.2) is 34.0 Å². The Hall–Kier alpha value is -1.47. The summed E-state index contributed by atoms with van der Waals surface area (Å²) < 4.78 is 8.03. The Balaban J connectivity index is 2.43. The van der Waals surface area contributed by atoms with E-state index in [1.807, 2.05) is 29.7 Å². The standard InChI is InChI=1S/C13H13BrN2O3S/c1-8-6-15-13(20-7-12(17)18)16(8)10-3-9(14)4-11(5-10)19-2/h3-6H,7H2,1-2H3,(H,17,18). The number of halogens is 1. The summed E-state index contributed by atoms with van der Waals surface area (Å²) in [6, 6.07) is 5.67. The highest BCUT2D eigenvalue weighted by atomic mass is 79.9. The highest BCUT2D eigenvalue weighted by Crippen LogP contribution is 2.28. The zero-order valence-electron chi connectivity index (χ0n) is 11.0. The fourth-order valence-corrected chi connectivity index (χ4v) is 2.97. The summed E-state index contributed by atoms with van der Waals surface area (Å²) in [4.78, 5) is 15.0. The third-order valence-corrected chi connectivity index (χ3v) is 3.98. The number of aryl methyl sites for hydroxylation is 1. The van der Waals surface area contributed by atoms with Gasteiger partial charge in [0.25, 0.3) is 0 Å². The first-order chi connectivity index (χ1) is 9.51. The normalized spacial score (nSPS) is 10.6. The van der Waals surface area contributed by atoms with Crippen LogP contribution >= 0.6 is 27.7 Å². The van der Waals surface area contributed by atoms with E-state index in [-0.39, 0.29) is 5.75 Å². The summed E-state index contributed by atoms with van der Waals surface area (Å²) in [6.07, 6.45) is 1.72. The molecule has 0 aliphatic carbocycles. The first-order valence-corrected chi connectivity index (χ1v) is 7.53. The molecule has 7 heteroatoms. The van der Waals surface area contributed by atoms with Crippen molar-refractivity contribution in [2.24, 2.45) is 0 Å². The van der Waals surface area contributed by atoms with Gasteiger partial charge in [-0.15, -0.1) is 0 Å². The lowest BCUT2D eigenvalue weighted by Gasteiger charge is -2.11. The number of hydrogen-bond acceptors (Lipinski definition) is 4. The fourth-order valence-electron chi connectivity index (χ4n) is 1.75. The number of nitrogens with zero attached hydrogens (tertiary/aromatic N) is 2. The van der Waals surface area contributed by atoms with Crippen LogP contribution in [-0.4, -0.2) is 33.5 Å². The van der Waals surface area contributed by atoms with E-state index in [2.05, 4.69) is 20.9 Å². The van der Waals surface area contributed by atoms with Crippen LogP contribution in [-0.2, 0) is 4.79 Å². The van der Waals surface area contributed by atoms with E-state index < -0.39 is 5.97 Å². The molecule has 0 atom stereocenters. The zero-order valence-corrected chi connectivity index (χ0v) is 13.4. The molecular formula is C13H13BrN2O3S. The molecule has 20 heavy (non-hydrogen) atoms. The van der Waals surface area contributed by atoms with Crippen LogP contribution in [0.2, 0.25) is 0 Å². The molecule has 1 aromatic heterocycles. The van der Waals surface area contributed by atoms with Gasteiger partial charge < -0.3 is 9.84 Å². The molecule has 0 bridgehead atoms. The Morgan fingerprint density at radius 3 is 2.90 bits per heavy atom. The van der Waals surface area contributed by atoms with Gasteiger partial charge in [0.1, 0.15) is 5.75 Å². The van der Waals surface area contributed by atoms with Crippen LogP contribution in [0.1, 0.15) is 5.69 Å². The summed E-state index contributed by atoms with van der Waals surface area (Å²) in [6.45, 7) is 1.92. The Labute approximate surface area is 129 Å². The van der Waals surface area contributed by atoms with E-state index in [0.717, 1.165) is 21.6 Å². The number of hydrogen-bond donors (Lipinski definition) is 1. The smallest absolute Gasteiger partial charge is 0.313 e. The van der Waals surface area contributed by atoms with Crippen molar-refractivity contribution >= 4 is 33.7 Å². The van der Waals surface area contributed by atoms with Gasteiger partial charge in [0.05, 0.1) is 18.6 Å². The average Bonchev–Trinajstić information content (AvgIpc) is 2.76. The Kier molecular flexibility index (Phi) is 4.72. The van der Waals surface area contributed by atoms with Gasteiger partial charge in [-0.05, 0) is 19.1 Å². The van der Waals surface area contributed by atoms with Gasteiger partial charge >= 0.3 is 5.97 Å². The largest absolute Gasteiger partial charge is 0.497 e. The molecule has 2 rings (SSSR count). The molecule has 0 aliphatic rings. The van der Waals surface area contributed by atoms with Crippen molar-refractivity contribution in [2.45, 2.75) is 12.1 Å². The first-order valence-electron chi connectivity index (χ1n) is 5.75. The lowest BCUT2D eigenvalue weighted by atomic mass is 10.3. The molecule has 5 nitrogen and oxygen atoms in total. The minimum Gasteiger partial charge on any atom is -0.497 e. The predicted molar refractivity (Wildman–Crippen MR) is 80.9 cm³/mol. The quantitative estimate of drug-likeness (QED) is 0.833. The van der Waals surface area contributed by atoms with E-state index in [4.69, 9.17) is 9.84 Å². The molecule has 1 N–H and O–H groups in total. The van der Waals surface area contributed by atoms with Crippen molar-refractivity contribution < 1.29 is 14.6 Å². The van der Waals surface area contributed by atoms with Gasteiger partial charge in [0.2, 0.25) is 0 Å². The molecule has 2 aromatic rings. The van der Waals surface area contributed by atoms with E-state index in [1.54, 1.807) is 13.3 Å². The summed E-state index contributed by atoms with van der Waals surface area (Å²) in [5.74, 6) is -0.174. The van der Waals surface area contributed by atoms with Crippen LogP contribution in [0.5, 0.6) is 5.75 Å². The van der Waals surface area contributed by atoms with E-state index in [9.17, 15) is 4.79 Å². The van der Waals surface area contributed by atoms with E-state index >= 15 is 0 Å². The molecule has 0 aliphatic heterocycles. The van der Waals surface area contributed by atoms with E-state index in [0.29, 0.717) is 5.16 Å². The number of methoxy groups -OCH3 is 1. The van der Waals surface area contributed by atoms with Crippen LogP contribution in [0, 0.1) is 6.92 Å². The number of thioether (sulfide) groups is 1. The summed E-state index contributed by atoms with van der Waals surface area (Å²) >= 11 is 4.62. The average molecular weight is 357 g/mol. The number of carboxylic acids is 1. The minimum atomic E-state index is -0.867. The number of aliphatic carboxylic acids is 1. The summed E-state index contributed by atoms with van der Waals surface area (Å²) in [5, 5.41) is 9.43. The van der Waals surface area contributed by atoms with Crippen molar-refractivity contribution in [1.82, 2.24) is 9.55 Å².